The van der Waals surface area contributed by atoms with Crippen LogP contribution < -0.4 is 4.90 Å². The van der Waals surface area contributed by atoms with Crippen LogP contribution in [0.25, 0.3) is 10.8 Å². The van der Waals surface area contributed by atoms with Gasteiger partial charge in [0, 0.05) is 29.1 Å². The van der Waals surface area contributed by atoms with Crippen molar-refractivity contribution in [3.05, 3.63) is 107 Å². The molecule has 1 heterocycles. The number of amides is 1. The van der Waals surface area contributed by atoms with Gasteiger partial charge in [-0.3, -0.25) is 9.79 Å². The van der Waals surface area contributed by atoms with Crippen molar-refractivity contribution < 1.29 is 9.90 Å². The van der Waals surface area contributed by atoms with Crippen LogP contribution >= 0.6 is 11.6 Å². The molecule has 1 N–H and O–H groups in total. The number of aromatic hydroxyl groups is 1. The van der Waals surface area contributed by atoms with Crippen molar-refractivity contribution in [2.75, 3.05) is 11.4 Å². The molecule has 1 amide bonds. The van der Waals surface area contributed by atoms with Crippen LogP contribution in [0, 0.1) is 0 Å². The van der Waals surface area contributed by atoms with Crippen LogP contribution in [0.2, 0.25) is 5.02 Å². The summed E-state index contributed by atoms with van der Waals surface area (Å²) in [5, 5.41) is 12.8. The molecule has 4 aromatic rings. The van der Waals surface area contributed by atoms with E-state index in [1.54, 1.807) is 12.1 Å². The lowest BCUT2D eigenvalue weighted by Gasteiger charge is -2.25. The molecule has 36 heavy (non-hydrogen) atoms. The topological polar surface area (TPSA) is 52.9 Å². The fourth-order valence-electron chi connectivity index (χ4n) is 4.83. The second kappa shape index (κ2) is 10.5. The van der Waals surface area contributed by atoms with Crippen LogP contribution in [0.15, 0.2) is 89.9 Å². The Hall–Kier alpha value is -3.63. The summed E-state index contributed by atoms with van der Waals surface area (Å²) in [5.74, 6) is 0.181. The predicted octanol–water partition coefficient (Wildman–Crippen LogP) is 7.18. The Labute approximate surface area is 216 Å². The van der Waals surface area contributed by atoms with Crippen LogP contribution in [-0.4, -0.2) is 29.3 Å². The summed E-state index contributed by atoms with van der Waals surface area (Å²) in [4.78, 5) is 21.0. The highest BCUT2D eigenvalue weighted by Crippen LogP contribution is 2.32. The number of carbonyl (C=O) groups excluding carboxylic acids is 1. The van der Waals surface area contributed by atoms with Gasteiger partial charge in [0.25, 0.3) is 5.91 Å². The predicted molar refractivity (Wildman–Crippen MR) is 149 cm³/mol. The zero-order valence-electron chi connectivity index (χ0n) is 20.3. The molecule has 0 radical (unpaired) electrons. The van der Waals surface area contributed by atoms with Gasteiger partial charge in [0.15, 0.2) is 0 Å². The minimum absolute atomic E-state index is 0.00314. The number of anilines is 1. The van der Waals surface area contributed by atoms with Gasteiger partial charge in [-0.2, -0.15) is 0 Å². The van der Waals surface area contributed by atoms with Gasteiger partial charge in [0.2, 0.25) is 0 Å². The molecule has 0 aliphatic carbocycles. The number of carbonyl (C=O) groups is 1. The number of phenols is 1. The minimum atomic E-state index is -0.581. The molecule has 0 saturated heterocycles. The number of hydrogen-bond acceptors (Lipinski definition) is 3. The molecule has 4 aromatic carbocycles. The molecule has 0 aromatic heterocycles. The molecule has 5 rings (SSSR count). The second-order valence-corrected chi connectivity index (χ2v) is 9.72. The van der Waals surface area contributed by atoms with Crippen molar-refractivity contribution >= 4 is 39.7 Å². The molecular formula is C31H29ClN2O2. The maximum absolute atomic E-state index is 14.0. The number of nitrogens with zero attached hydrogens (tertiary/aromatic N) is 2. The van der Waals surface area contributed by atoms with Gasteiger partial charge in [-0.05, 0) is 65.2 Å². The van der Waals surface area contributed by atoms with Gasteiger partial charge in [0.1, 0.15) is 11.8 Å². The Morgan fingerprint density at radius 1 is 0.917 bits per heavy atom. The zero-order valence-corrected chi connectivity index (χ0v) is 21.1. The SMILES string of the molecule is CCCCCN1C(=O)C(Cc2ccc3ccccc3c2)N=C(c2ccc(O)cc2)c2cc(Cl)ccc21. The Morgan fingerprint density at radius 3 is 2.47 bits per heavy atom. The molecule has 0 saturated carbocycles. The molecular weight excluding hydrogens is 468 g/mol. The third-order valence-electron chi connectivity index (χ3n) is 6.71. The van der Waals surface area contributed by atoms with Crippen LogP contribution in [0.4, 0.5) is 5.69 Å². The summed E-state index contributed by atoms with van der Waals surface area (Å²) in [6.07, 6.45) is 3.54. The number of unbranched alkanes of at least 4 members (excludes halogenated alkanes) is 2. The summed E-state index contributed by atoms with van der Waals surface area (Å²) in [7, 11) is 0. The Kier molecular flexibility index (Phi) is 7.06. The molecule has 4 nitrogen and oxygen atoms in total. The molecule has 1 aliphatic heterocycles. The second-order valence-electron chi connectivity index (χ2n) is 9.28. The third kappa shape index (κ3) is 5.00. The summed E-state index contributed by atoms with van der Waals surface area (Å²) in [6.45, 7) is 2.79. The lowest BCUT2D eigenvalue weighted by Crippen LogP contribution is -2.39. The number of fused-ring (bicyclic) bond motifs is 2. The standard InChI is InChI=1S/C31H29ClN2O2/c1-2-3-6-17-34-29-16-13-25(32)20-27(29)30(23-11-14-26(35)15-12-23)33-28(31(34)36)19-21-9-10-22-7-4-5-8-24(22)18-21/h4-5,7-16,18,20,28,35H,2-3,6,17,19H2,1H3. The maximum atomic E-state index is 14.0. The van der Waals surface area contributed by atoms with Gasteiger partial charge >= 0.3 is 0 Å². The molecule has 0 spiro atoms. The Balaban J connectivity index is 1.62. The van der Waals surface area contributed by atoms with Crippen molar-refractivity contribution in [2.24, 2.45) is 4.99 Å². The number of phenolic OH excluding ortho intramolecular Hbond substituents is 1. The van der Waals surface area contributed by atoms with E-state index in [0.717, 1.165) is 47.0 Å². The number of rotatable bonds is 7. The summed E-state index contributed by atoms with van der Waals surface area (Å²) in [6, 6.07) is 26.6. The number of benzene rings is 4. The van der Waals surface area contributed by atoms with Crippen molar-refractivity contribution in [3.8, 4) is 5.75 Å². The molecule has 1 atom stereocenters. The Bertz CT molecular complexity index is 1430. The van der Waals surface area contributed by atoms with E-state index in [2.05, 4.69) is 37.3 Å². The lowest BCUT2D eigenvalue weighted by atomic mass is 9.99. The van der Waals surface area contributed by atoms with Crippen LogP contribution in [-0.2, 0) is 11.2 Å². The largest absolute Gasteiger partial charge is 0.508 e. The first kappa shape index (κ1) is 24.1. The third-order valence-corrected chi connectivity index (χ3v) is 6.94. The number of aliphatic imine (C=N–C) groups is 1. The number of hydrogen-bond donors (Lipinski definition) is 1. The first-order valence-corrected chi connectivity index (χ1v) is 12.9. The van der Waals surface area contributed by atoms with Crippen molar-refractivity contribution in [2.45, 2.75) is 38.6 Å². The number of halogens is 1. The van der Waals surface area contributed by atoms with E-state index in [4.69, 9.17) is 16.6 Å². The molecule has 0 fully saturated rings. The highest BCUT2D eigenvalue weighted by atomic mass is 35.5. The minimum Gasteiger partial charge on any atom is -0.508 e. The molecule has 1 aliphatic rings. The molecule has 1 unspecified atom stereocenters. The summed E-state index contributed by atoms with van der Waals surface area (Å²) in [5.41, 5.74) is 4.28. The van der Waals surface area contributed by atoms with E-state index in [-0.39, 0.29) is 11.7 Å². The Morgan fingerprint density at radius 2 is 1.69 bits per heavy atom. The van der Waals surface area contributed by atoms with Crippen LogP contribution in [0.3, 0.4) is 0 Å². The van der Waals surface area contributed by atoms with Gasteiger partial charge in [-0.25, -0.2) is 0 Å². The molecule has 5 heteroatoms. The summed E-state index contributed by atoms with van der Waals surface area (Å²) < 4.78 is 0. The van der Waals surface area contributed by atoms with Crippen molar-refractivity contribution in [1.29, 1.82) is 0 Å². The van der Waals surface area contributed by atoms with E-state index in [9.17, 15) is 9.90 Å². The zero-order chi connectivity index (χ0) is 25.1. The van der Waals surface area contributed by atoms with Crippen LogP contribution in [0.1, 0.15) is 42.9 Å². The van der Waals surface area contributed by atoms with Gasteiger partial charge in [-0.1, -0.05) is 73.8 Å². The first-order valence-electron chi connectivity index (χ1n) is 12.5. The molecule has 0 bridgehead atoms. The molecule has 182 valence electrons. The van der Waals surface area contributed by atoms with E-state index in [1.807, 2.05) is 47.4 Å². The van der Waals surface area contributed by atoms with E-state index in [1.165, 1.54) is 5.39 Å². The lowest BCUT2D eigenvalue weighted by molar-refractivity contribution is -0.119. The van der Waals surface area contributed by atoms with Gasteiger partial charge in [0.05, 0.1) is 11.4 Å². The quantitative estimate of drug-likeness (QED) is 0.275. The average molecular weight is 497 g/mol. The average Bonchev–Trinajstić information content (AvgIpc) is 2.99. The van der Waals surface area contributed by atoms with Gasteiger partial charge < -0.3 is 10.0 Å². The fourth-order valence-corrected chi connectivity index (χ4v) is 5.01. The van der Waals surface area contributed by atoms with E-state index < -0.39 is 6.04 Å². The van der Waals surface area contributed by atoms with Gasteiger partial charge in [-0.15, -0.1) is 0 Å². The van der Waals surface area contributed by atoms with E-state index >= 15 is 0 Å². The highest BCUT2D eigenvalue weighted by molar-refractivity contribution is 6.32. The fraction of sp³-hybridized carbons (Fsp3) is 0.226. The normalized spacial score (nSPS) is 15.5. The summed E-state index contributed by atoms with van der Waals surface area (Å²) >= 11 is 6.44. The first-order chi connectivity index (χ1) is 17.5. The maximum Gasteiger partial charge on any atom is 0.252 e. The number of benzodiazepines with no additional fused rings is 1. The van der Waals surface area contributed by atoms with Crippen molar-refractivity contribution in [1.82, 2.24) is 0 Å². The monoisotopic (exact) mass is 496 g/mol. The highest BCUT2D eigenvalue weighted by Gasteiger charge is 2.32. The van der Waals surface area contributed by atoms with Crippen molar-refractivity contribution in [3.63, 3.8) is 0 Å². The van der Waals surface area contributed by atoms with Crippen LogP contribution in [0.5, 0.6) is 5.75 Å². The van der Waals surface area contributed by atoms with E-state index in [0.29, 0.717) is 23.7 Å². The smallest absolute Gasteiger partial charge is 0.252 e.